The summed E-state index contributed by atoms with van der Waals surface area (Å²) in [7, 11) is 0. The third-order valence-corrected chi connectivity index (χ3v) is 7.42. The number of nitrogens with zero attached hydrogens (tertiary/aromatic N) is 1. The van der Waals surface area contributed by atoms with Crippen molar-refractivity contribution in [3.8, 4) is 0 Å². The minimum Gasteiger partial charge on any atom is -0.303 e. The molecule has 0 N–H and O–H groups in total. The Kier molecular flexibility index (Phi) is 16.9. The number of hydrogen-bond donors (Lipinski definition) is 0. The highest BCUT2D eigenvalue weighted by Crippen LogP contribution is 2.60. The van der Waals surface area contributed by atoms with E-state index in [0.29, 0.717) is 13.2 Å². The van der Waals surface area contributed by atoms with Crippen molar-refractivity contribution in [2.75, 3.05) is 38.6 Å². The lowest BCUT2D eigenvalue weighted by Crippen LogP contribution is -2.25. The van der Waals surface area contributed by atoms with Crippen LogP contribution in [-0.2, 0) is 13.6 Å². The standard InChI is InChI=1S/C10H24NO3PS.C6H14/c1-5-11(6-2)9-10-16-15(12,13-7-3)14-8-4;1-5(2)6(3)4/h5-10H2,1-4H3;5-6H,1-4H3. The fourth-order valence-corrected chi connectivity index (χ4v) is 4.66. The average Bonchev–Trinajstić information content (AvgIpc) is 2.44. The van der Waals surface area contributed by atoms with Gasteiger partial charge in [-0.1, -0.05) is 41.5 Å². The van der Waals surface area contributed by atoms with E-state index < -0.39 is 6.80 Å². The zero-order valence-electron chi connectivity index (χ0n) is 15.9. The van der Waals surface area contributed by atoms with Crippen LogP contribution >= 0.6 is 18.2 Å². The molecule has 6 heteroatoms. The summed E-state index contributed by atoms with van der Waals surface area (Å²) in [6.07, 6.45) is 0. The van der Waals surface area contributed by atoms with E-state index in [-0.39, 0.29) is 0 Å². The van der Waals surface area contributed by atoms with Crippen molar-refractivity contribution < 1.29 is 13.6 Å². The molecule has 0 heterocycles. The molecule has 0 saturated heterocycles. The Balaban J connectivity index is 0. The van der Waals surface area contributed by atoms with Gasteiger partial charge in [0.1, 0.15) is 0 Å². The molecule has 0 aliphatic carbocycles. The molecule has 0 amide bonds. The van der Waals surface area contributed by atoms with Crippen molar-refractivity contribution in [2.24, 2.45) is 11.8 Å². The Morgan fingerprint density at radius 2 is 1.32 bits per heavy atom. The van der Waals surface area contributed by atoms with Gasteiger partial charge in [0.15, 0.2) is 0 Å². The van der Waals surface area contributed by atoms with E-state index >= 15 is 0 Å². The molecule has 0 aromatic carbocycles. The maximum Gasteiger partial charge on any atom is 0.389 e. The first-order valence-corrected chi connectivity index (χ1v) is 11.6. The largest absolute Gasteiger partial charge is 0.389 e. The van der Waals surface area contributed by atoms with Crippen molar-refractivity contribution in [2.45, 2.75) is 55.4 Å². The highest BCUT2D eigenvalue weighted by molar-refractivity contribution is 8.55. The summed E-state index contributed by atoms with van der Waals surface area (Å²) in [5, 5.41) is 0. The highest BCUT2D eigenvalue weighted by Gasteiger charge is 2.24. The summed E-state index contributed by atoms with van der Waals surface area (Å²) in [4.78, 5) is 2.29. The molecular formula is C16H38NO3PS. The van der Waals surface area contributed by atoms with Gasteiger partial charge in [-0.3, -0.25) is 0 Å². The molecule has 0 saturated carbocycles. The molecule has 0 fully saturated rings. The summed E-state index contributed by atoms with van der Waals surface area (Å²) < 4.78 is 22.5. The summed E-state index contributed by atoms with van der Waals surface area (Å²) in [5.74, 6) is 2.48. The van der Waals surface area contributed by atoms with Crippen molar-refractivity contribution in [1.82, 2.24) is 4.90 Å². The molecule has 22 heavy (non-hydrogen) atoms. The van der Waals surface area contributed by atoms with E-state index in [0.717, 1.165) is 37.2 Å². The Morgan fingerprint density at radius 1 is 0.909 bits per heavy atom. The zero-order chi connectivity index (χ0) is 17.6. The van der Waals surface area contributed by atoms with E-state index in [1.54, 1.807) is 0 Å². The van der Waals surface area contributed by atoms with Crippen molar-refractivity contribution in [3.05, 3.63) is 0 Å². The first-order valence-electron chi connectivity index (χ1n) is 8.52. The Labute approximate surface area is 143 Å². The molecule has 0 aliphatic rings. The lowest BCUT2D eigenvalue weighted by molar-refractivity contribution is 0.236. The molecule has 0 spiro atoms. The van der Waals surface area contributed by atoms with Gasteiger partial charge in [0, 0.05) is 12.3 Å². The van der Waals surface area contributed by atoms with Gasteiger partial charge in [-0.05, 0) is 50.2 Å². The van der Waals surface area contributed by atoms with Gasteiger partial charge < -0.3 is 13.9 Å². The van der Waals surface area contributed by atoms with Gasteiger partial charge in [0.05, 0.1) is 13.2 Å². The minimum absolute atomic E-state index is 0.426. The summed E-state index contributed by atoms with van der Waals surface area (Å²) in [6, 6.07) is 0. The summed E-state index contributed by atoms with van der Waals surface area (Å²) in [6.45, 7) is 17.8. The molecule has 0 atom stereocenters. The van der Waals surface area contributed by atoms with Crippen LogP contribution in [0.25, 0.3) is 0 Å². The van der Waals surface area contributed by atoms with E-state index in [4.69, 9.17) is 9.05 Å². The molecule has 0 rings (SSSR count). The third-order valence-electron chi connectivity index (χ3n) is 3.46. The molecule has 136 valence electrons. The van der Waals surface area contributed by atoms with Crippen LogP contribution in [0.3, 0.4) is 0 Å². The lowest BCUT2D eigenvalue weighted by Gasteiger charge is -2.20. The van der Waals surface area contributed by atoms with Gasteiger partial charge in [-0.15, -0.1) is 0 Å². The fraction of sp³-hybridized carbons (Fsp3) is 1.00. The quantitative estimate of drug-likeness (QED) is 0.455. The first kappa shape index (κ1) is 24.7. The summed E-state index contributed by atoms with van der Waals surface area (Å²) in [5.41, 5.74) is 0. The number of hydrogen-bond acceptors (Lipinski definition) is 5. The number of rotatable bonds is 11. The lowest BCUT2D eigenvalue weighted by atomic mass is 10.0. The molecule has 0 aromatic heterocycles. The second-order valence-electron chi connectivity index (χ2n) is 5.63. The zero-order valence-corrected chi connectivity index (χ0v) is 17.6. The molecule has 4 nitrogen and oxygen atoms in total. The topological polar surface area (TPSA) is 38.8 Å². The van der Waals surface area contributed by atoms with Gasteiger partial charge in [0.2, 0.25) is 0 Å². The van der Waals surface area contributed by atoms with E-state index in [2.05, 4.69) is 46.4 Å². The molecule has 0 aromatic rings. The van der Waals surface area contributed by atoms with Crippen LogP contribution in [-0.4, -0.2) is 43.5 Å². The average molecular weight is 356 g/mol. The maximum absolute atomic E-state index is 12.1. The SMILES string of the molecule is CC(C)C(C)C.CCOP(=O)(OCC)SCCN(CC)CC. The first-order chi connectivity index (χ1) is 10.3. The molecule has 0 radical (unpaired) electrons. The third kappa shape index (κ3) is 14.1. The van der Waals surface area contributed by atoms with Crippen LogP contribution in [0.15, 0.2) is 0 Å². The highest BCUT2D eigenvalue weighted by atomic mass is 32.7. The minimum atomic E-state index is -2.91. The monoisotopic (exact) mass is 355 g/mol. The fourth-order valence-electron chi connectivity index (χ4n) is 1.25. The van der Waals surface area contributed by atoms with Crippen LogP contribution < -0.4 is 0 Å². The predicted octanol–water partition coefficient (Wildman–Crippen LogP) is 5.54. The Hall–Kier alpha value is 0.460. The Bertz CT molecular complexity index is 269. The van der Waals surface area contributed by atoms with Gasteiger partial charge in [-0.2, -0.15) is 0 Å². The van der Waals surface area contributed by atoms with Crippen LogP contribution in [0.1, 0.15) is 55.4 Å². The second kappa shape index (κ2) is 15.0. The van der Waals surface area contributed by atoms with Gasteiger partial charge in [0.25, 0.3) is 0 Å². The smallest absolute Gasteiger partial charge is 0.303 e. The molecule has 0 bridgehead atoms. The van der Waals surface area contributed by atoms with Crippen LogP contribution in [0.5, 0.6) is 0 Å². The van der Waals surface area contributed by atoms with E-state index in [9.17, 15) is 4.57 Å². The normalized spacial score (nSPS) is 12.0. The molecule has 0 unspecified atom stereocenters. The van der Waals surface area contributed by atoms with Gasteiger partial charge >= 0.3 is 6.80 Å². The van der Waals surface area contributed by atoms with E-state index in [1.165, 1.54) is 11.4 Å². The van der Waals surface area contributed by atoms with Crippen LogP contribution in [0.2, 0.25) is 0 Å². The molecular weight excluding hydrogens is 317 g/mol. The Morgan fingerprint density at radius 3 is 1.59 bits per heavy atom. The van der Waals surface area contributed by atoms with Crippen LogP contribution in [0, 0.1) is 11.8 Å². The predicted molar refractivity (Wildman–Crippen MR) is 101 cm³/mol. The van der Waals surface area contributed by atoms with Crippen LogP contribution in [0.4, 0.5) is 0 Å². The maximum atomic E-state index is 12.1. The second-order valence-corrected chi connectivity index (χ2v) is 9.82. The van der Waals surface area contributed by atoms with Crippen molar-refractivity contribution in [1.29, 1.82) is 0 Å². The summed E-state index contributed by atoms with van der Waals surface area (Å²) >= 11 is 1.30. The van der Waals surface area contributed by atoms with Crippen molar-refractivity contribution in [3.63, 3.8) is 0 Å². The molecule has 0 aliphatic heterocycles. The van der Waals surface area contributed by atoms with E-state index in [1.807, 2.05) is 13.8 Å². The van der Waals surface area contributed by atoms with Gasteiger partial charge in [-0.25, -0.2) is 4.57 Å². The van der Waals surface area contributed by atoms with Crippen molar-refractivity contribution >= 4 is 18.2 Å².